The Bertz CT molecular complexity index is 1570. The van der Waals surface area contributed by atoms with Crippen molar-refractivity contribution in [3.63, 3.8) is 0 Å². The Kier molecular flexibility index (Phi) is 62.3. The van der Waals surface area contributed by atoms with Crippen LogP contribution in [0.1, 0.15) is 310 Å². The summed E-state index contributed by atoms with van der Waals surface area (Å²) in [5.74, 6) is -0.965. The highest BCUT2D eigenvalue weighted by atomic mass is 16.6. The zero-order chi connectivity index (χ0) is 56.4. The third kappa shape index (κ3) is 62.9. The number of unbranched alkanes of at least 4 members (excludes halogenated alkanes) is 30. The lowest BCUT2D eigenvalue weighted by Gasteiger charge is -2.18. The van der Waals surface area contributed by atoms with E-state index in [2.05, 4.69) is 130 Å². The summed E-state index contributed by atoms with van der Waals surface area (Å²) >= 11 is 0. The summed E-state index contributed by atoms with van der Waals surface area (Å²) in [5, 5.41) is 0. The van der Waals surface area contributed by atoms with Crippen LogP contribution in [0.5, 0.6) is 0 Å². The van der Waals surface area contributed by atoms with Crippen molar-refractivity contribution < 1.29 is 28.6 Å². The third-order valence-electron chi connectivity index (χ3n) is 14.0. The van der Waals surface area contributed by atoms with Crippen LogP contribution in [0.2, 0.25) is 0 Å². The van der Waals surface area contributed by atoms with Gasteiger partial charge in [0.05, 0.1) is 0 Å². The molecule has 0 aromatic rings. The number of esters is 3. The second-order valence-electron chi connectivity index (χ2n) is 21.6. The minimum absolute atomic E-state index is 0.102. The van der Waals surface area contributed by atoms with E-state index in [1.165, 1.54) is 148 Å². The number of ether oxygens (including phenoxy) is 3. The van der Waals surface area contributed by atoms with E-state index < -0.39 is 6.10 Å². The Morgan fingerprint density at radius 2 is 0.513 bits per heavy atom. The minimum atomic E-state index is -0.809. The summed E-state index contributed by atoms with van der Waals surface area (Å²) in [4.78, 5) is 38.3. The van der Waals surface area contributed by atoms with Crippen LogP contribution in [0.4, 0.5) is 0 Å². The Hall–Kier alpha value is -3.93. The molecule has 0 N–H and O–H groups in total. The number of rotatable bonds is 59. The first kappa shape index (κ1) is 74.1. The molecule has 0 saturated carbocycles. The van der Waals surface area contributed by atoms with Gasteiger partial charge in [0.25, 0.3) is 0 Å². The first-order valence-corrected chi connectivity index (χ1v) is 32.9. The van der Waals surface area contributed by atoms with Gasteiger partial charge in [-0.1, -0.05) is 297 Å². The van der Waals surface area contributed by atoms with Crippen LogP contribution in [0.3, 0.4) is 0 Å². The van der Waals surface area contributed by atoms with Crippen LogP contribution in [0.25, 0.3) is 0 Å². The molecule has 1 unspecified atom stereocenters. The van der Waals surface area contributed by atoms with Crippen molar-refractivity contribution in [2.45, 2.75) is 316 Å². The lowest BCUT2D eigenvalue weighted by molar-refractivity contribution is -0.167. The maximum atomic E-state index is 12.9. The molecule has 6 nitrogen and oxygen atoms in total. The molecule has 0 heterocycles. The van der Waals surface area contributed by atoms with Gasteiger partial charge in [0.15, 0.2) is 6.10 Å². The average Bonchev–Trinajstić information content (AvgIpc) is 3.44. The SMILES string of the molecule is CC/C=C\C/C=C\C/C=C\C/C=C\C/C=C\C/C=C\C/C=C\CCCC(=O)OCC(COC(=O)CCCCCCC/C=C\C/C=C\CCCCCC)OC(=O)CCCCCCCCCCCCCCCCCCCCCCC. The molecular weight excluding hydrogens is 961 g/mol. The summed E-state index contributed by atoms with van der Waals surface area (Å²) in [5.41, 5.74) is 0. The van der Waals surface area contributed by atoms with Crippen LogP contribution < -0.4 is 0 Å². The summed E-state index contributed by atoms with van der Waals surface area (Å²) in [6.07, 6.45) is 89.6. The fourth-order valence-corrected chi connectivity index (χ4v) is 9.11. The lowest BCUT2D eigenvalue weighted by atomic mass is 10.0. The molecular formula is C72H122O6. The van der Waals surface area contributed by atoms with Gasteiger partial charge < -0.3 is 14.2 Å². The van der Waals surface area contributed by atoms with Crippen molar-refractivity contribution in [3.05, 3.63) is 109 Å². The second kappa shape index (κ2) is 65.6. The number of hydrogen-bond acceptors (Lipinski definition) is 6. The third-order valence-corrected chi connectivity index (χ3v) is 14.0. The quantitative estimate of drug-likeness (QED) is 0.0261. The molecule has 0 radical (unpaired) electrons. The van der Waals surface area contributed by atoms with E-state index in [0.717, 1.165) is 116 Å². The van der Waals surface area contributed by atoms with E-state index in [4.69, 9.17) is 14.2 Å². The second-order valence-corrected chi connectivity index (χ2v) is 21.6. The van der Waals surface area contributed by atoms with Gasteiger partial charge in [-0.2, -0.15) is 0 Å². The fraction of sp³-hybridized carbons (Fsp3) is 0.708. The average molecular weight is 1080 g/mol. The van der Waals surface area contributed by atoms with Crippen LogP contribution in [-0.2, 0) is 28.6 Å². The summed E-state index contributed by atoms with van der Waals surface area (Å²) in [7, 11) is 0. The molecule has 0 aliphatic rings. The van der Waals surface area contributed by atoms with Crippen molar-refractivity contribution in [3.8, 4) is 0 Å². The van der Waals surface area contributed by atoms with Gasteiger partial charge in [0.1, 0.15) is 13.2 Å². The van der Waals surface area contributed by atoms with Gasteiger partial charge >= 0.3 is 17.9 Å². The highest BCUT2D eigenvalue weighted by Gasteiger charge is 2.19. The molecule has 0 saturated heterocycles. The molecule has 0 amide bonds. The Morgan fingerprint density at radius 1 is 0.269 bits per heavy atom. The van der Waals surface area contributed by atoms with Crippen molar-refractivity contribution in [1.29, 1.82) is 0 Å². The molecule has 0 aromatic heterocycles. The van der Waals surface area contributed by atoms with Crippen LogP contribution >= 0.6 is 0 Å². The van der Waals surface area contributed by atoms with Crippen LogP contribution in [0, 0.1) is 0 Å². The molecule has 78 heavy (non-hydrogen) atoms. The standard InChI is InChI=1S/C72H122O6/c1-4-7-10-13-16-19-22-25-28-31-33-35-36-38-39-41-44-47-50-53-56-59-62-65-71(74)77-68-69(67-76-70(73)64-61-58-55-52-49-46-43-30-27-24-21-18-15-12-9-6-3)78-72(75)66-63-60-57-54-51-48-45-42-40-37-34-32-29-26-23-20-17-14-11-8-5-2/h7,10,16,19,21,24-25,28,30,33,35,38-39,43-44,47,53,56,69H,4-6,8-9,11-15,17-18,20,22-23,26-27,29,31-32,34,36-37,40-42,45-46,48-52,54-55,57-68H2,1-3H3/b10-7-,19-16-,24-21-,28-25-,35-33-,39-38-,43-30-,47-44-,56-53-. The molecule has 1 atom stereocenters. The molecule has 0 rings (SSSR count). The van der Waals surface area contributed by atoms with E-state index >= 15 is 0 Å². The van der Waals surface area contributed by atoms with Gasteiger partial charge in [0, 0.05) is 19.3 Å². The van der Waals surface area contributed by atoms with Crippen LogP contribution in [0.15, 0.2) is 109 Å². The molecule has 0 bridgehead atoms. The fourth-order valence-electron chi connectivity index (χ4n) is 9.11. The Labute approximate surface area is 482 Å². The summed E-state index contributed by atoms with van der Waals surface area (Å²) in [6.45, 7) is 6.48. The van der Waals surface area contributed by atoms with Gasteiger partial charge in [-0.15, -0.1) is 0 Å². The largest absolute Gasteiger partial charge is 0.462 e. The molecule has 446 valence electrons. The number of carbonyl (C=O) groups excluding carboxylic acids is 3. The maximum Gasteiger partial charge on any atom is 0.306 e. The smallest absolute Gasteiger partial charge is 0.306 e. The van der Waals surface area contributed by atoms with Gasteiger partial charge in [0.2, 0.25) is 0 Å². The van der Waals surface area contributed by atoms with Crippen molar-refractivity contribution in [2.24, 2.45) is 0 Å². The topological polar surface area (TPSA) is 78.9 Å². The zero-order valence-corrected chi connectivity index (χ0v) is 51.2. The van der Waals surface area contributed by atoms with Gasteiger partial charge in [-0.3, -0.25) is 14.4 Å². The normalized spacial score (nSPS) is 12.8. The number of allylic oxidation sites excluding steroid dienone is 18. The highest BCUT2D eigenvalue weighted by Crippen LogP contribution is 2.17. The minimum Gasteiger partial charge on any atom is -0.462 e. The highest BCUT2D eigenvalue weighted by molar-refractivity contribution is 5.71. The summed E-state index contributed by atoms with van der Waals surface area (Å²) in [6, 6.07) is 0. The van der Waals surface area contributed by atoms with Crippen LogP contribution in [-0.4, -0.2) is 37.2 Å². The molecule has 0 fully saturated rings. The zero-order valence-electron chi connectivity index (χ0n) is 51.2. The molecule has 0 aromatic carbocycles. The van der Waals surface area contributed by atoms with E-state index in [9.17, 15) is 14.4 Å². The van der Waals surface area contributed by atoms with Crippen molar-refractivity contribution >= 4 is 17.9 Å². The van der Waals surface area contributed by atoms with Crippen molar-refractivity contribution in [2.75, 3.05) is 13.2 Å². The van der Waals surface area contributed by atoms with Gasteiger partial charge in [-0.25, -0.2) is 0 Å². The lowest BCUT2D eigenvalue weighted by Crippen LogP contribution is -2.30. The monoisotopic (exact) mass is 1080 g/mol. The van der Waals surface area contributed by atoms with E-state index in [-0.39, 0.29) is 37.5 Å². The first-order chi connectivity index (χ1) is 38.5. The predicted molar refractivity (Wildman–Crippen MR) is 339 cm³/mol. The predicted octanol–water partition coefficient (Wildman–Crippen LogP) is 22.6. The van der Waals surface area contributed by atoms with E-state index in [1.54, 1.807) is 0 Å². The molecule has 0 aliphatic carbocycles. The Balaban J connectivity index is 4.47. The van der Waals surface area contributed by atoms with E-state index in [0.29, 0.717) is 19.3 Å². The first-order valence-electron chi connectivity index (χ1n) is 32.9. The number of hydrogen-bond donors (Lipinski definition) is 0. The maximum absolute atomic E-state index is 12.9. The van der Waals surface area contributed by atoms with Gasteiger partial charge in [-0.05, 0) is 103 Å². The van der Waals surface area contributed by atoms with Crippen molar-refractivity contribution in [1.82, 2.24) is 0 Å². The Morgan fingerprint density at radius 3 is 0.846 bits per heavy atom. The molecule has 6 heteroatoms. The number of carbonyl (C=O) groups is 3. The van der Waals surface area contributed by atoms with E-state index in [1.807, 2.05) is 0 Å². The molecule has 0 spiro atoms. The molecule has 0 aliphatic heterocycles. The summed E-state index contributed by atoms with van der Waals surface area (Å²) < 4.78 is 16.9.